The Morgan fingerprint density at radius 3 is 2.26 bits per heavy atom. The Morgan fingerprint density at radius 2 is 1.84 bits per heavy atom. The number of carbonyl (C=O) groups is 2. The van der Waals surface area contributed by atoms with E-state index < -0.39 is 12.0 Å². The number of nitrogens with two attached hydrogens (primary N) is 1. The summed E-state index contributed by atoms with van der Waals surface area (Å²) in [5, 5.41) is 2.68. The van der Waals surface area contributed by atoms with Crippen molar-refractivity contribution in [3.63, 3.8) is 0 Å². The number of nitrogens with one attached hydrogen (secondary N) is 1. The largest absolute Gasteiger partial charge is 0.467 e. The van der Waals surface area contributed by atoms with E-state index in [0.717, 1.165) is 5.56 Å². The zero-order valence-corrected chi connectivity index (χ0v) is 11.5. The van der Waals surface area contributed by atoms with Gasteiger partial charge in [-0.15, -0.1) is 0 Å². The van der Waals surface area contributed by atoms with Gasteiger partial charge in [-0.2, -0.15) is 0 Å². The fraction of sp³-hybridized carbons (Fsp3) is 0.429. The zero-order chi connectivity index (χ0) is 14.4. The fourth-order valence-corrected chi connectivity index (χ4v) is 1.64. The van der Waals surface area contributed by atoms with Gasteiger partial charge in [0.1, 0.15) is 6.04 Å². The summed E-state index contributed by atoms with van der Waals surface area (Å²) in [5.74, 6) is -0.783. The van der Waals surface area contributed by atoms with Crippen LogP contribution in [0.5, 0.6) is 0 Å². The van der Waals surface area contributed by atoms with Gasteiger partial charge in [0.25, 0.3) is 5.91 Å². The Balaban J connectivity index is 2.78. The highest BCUT2D eigenvalue weighted by molar-refractivity contribution is 5.96. The van der Waals surface area contributed by atoms with Gasteiger partial charge in [-0.25, -0.2) is 4.79 Å². The zero-order valence-electron chi connectivity index (χ0n) is 11.5. The smallest absolute Gasteiger partial charge is 0.328 e. The van der Waals surface area contributed by atoms with Crippen molar-refractivity contribution < 1.29 is 14.3 Å². The van der Waals surface area contributed by atoms with E-state index >= 15 is 0 Å². The lowest BCUT2D eigenvalue weighted by Gasteiger charge is -2.19. The topological polar surface area (TPSA) is 81.4 Å². The van der Waals surface area contributed by atoms with Crippen LogP contribution in [0.2, 0.25) is 0 Å². The van der Waals surface area contributed by atoms with Crippen LogP contribution in [0.4, 0.5) is 0 Å². The monoisotopic (exact) mass is 264 g/mol. The summed E-state index contributed by atoms with van der Waals surface area (Å²) in [6.07, 6.45) is 0. The Labute approximate surface area is 113 Å². The standard InChI is InChI=1S/C14H20N2O3/c1-9(2)12(14(18)19-3)16-13(17)11-6-4-10(8-15)5-7-11/h4-7,9,12H,8,15H2,1-3H3,(H,16,17)/t12-/m0/s1. The molecule has 0 heterocycles. The number of benzene rings is 1. The molecular formula is C14H20N2O3. The molecule has 1 atom stereocenters. The van der Waals surface area contributed by atoms with Gasteiger partial charge < -0.3 is 15.8 Å². The molecule has 104 valence electrons. The first-order valence-corrected chi connectivity index (χ1v) is 6.17. The quantitative estimate of drug-likeness (QED) is 0.779. The van der Waals surface area contributed by atoms with Crippen molar-refractivity contribution in [1.29, 1.82) is 0 Å². The van der Waals surface area contributed by atoms with Gasteiger partial charge in [-0.1, -0.05) is 26.0 Å². The first-order valence-electron chi connectivity index (χ1n) is 6.17. The number of amides is 1. The highest BCUT2D eigenvalue weighted by Gasteiger charge is 2.25. The minimum Gasteiger partial charge on any atom is -0.467 e. The lowest BCUT2D eigenvalue weighted by Crippen LogP contribution is -2.45. The van der Waals surface area contributed by atoms with Gasteiger partial charge in [-0.3, -0.25) is 4.79 Å². The summed E-state index contributed by atoms with van der Waals surface area (Å²) in [6, 6.07) is 6.31. The fourth-order valence-electron chi connectivity index (χ4n) is 1.64. The van der Waals surface area contributed by atoms with Crippen LogP contribution in [0, 0.1) is 5.92 Å². The van der Waals surface area contributed by atoms with Crippen LogP contribution in [-0.4, -0.2) is 25.0 Å². The average molecular weight is 264 g/mol. The molecule has 1 rings (SSSR count). The number of hydrogen-bond donors (Lipinski definition) is 2. The molecule has 3 N–H and O–H groups in total. The molecule has 0 radical (unpaired) electrons. The minimum absolute atomic E-state index is 0.0419. The van der Waals surface area contributed by atoms with E-state index in [9.17, 15) is 9.59 Å². The summed E-state index contributed by atoms with van der Waals surface area (Å²) >= 11 is 0. The molecule has 0 aliphatic rings. The lowest BCUT2D eigenvalue weighted by molar-refractivity contribution is -0.144. The van der Waals surface area contributed by atoms with Gasteiger partial charge in [0, 0.05) is 12.1 Å². The number of hydrogen-bond acceptors (Lipinski definition) is 4. The van der Waals surface area contributed by atoms with Crippen LogP contribution < -0.4 is 11.1 Å². The van der Waals surface area contributed by atoms with Crippen LogP contribution in [-0.2, 0) is 16.1 Å². The number of rotatable bonds is 5. The summed E-state index contributed by atoms with van der Waals surface area (Å²) in [5.41, 5.74) is 6.93. The maximum Gasteiger partial charge on any atom is 0.328 e. The average Bonchev–Trinajstić information content (AvgIpc) is 2.43. The molecule has 0 aliphatic heterocycles. The second-order valence-electron chi connectivity index (χ2n) is 4.62. The Morgan fingerprint density at radius 1 is 1.26 bits per heavy atom. The van der Waals surface area contributed by atoms with E-state index in [1.54, 1.807) is 24.3 Å². The van der Waals surface area contributed by atoms with Crippen LogP contribution in [0.15, 0.2) is 24.3 Å². The normalized spacial score (nSPS) is 12.1. The molecule has 0 bridgehead atoms. The molecule has 1 aromatic carbocycles. The highest BCUT2D eigenvalue weighted by atomic mass is 16.5. The van der Waals surface area contributed by atoms with Crippen molar-refractivity contribution in [2.24, 2.45) is 11.7 Å². The number of carbonyl (C=O) groups excluding carboxylic acids is 2. The third-order valence-corrected chi connectivity index (χ3v) is 2.86. The molecule has 0 aromatic heterocycles. The molecule has 5 heteroatoms. The molecule has 0 saturated carbocycles. The Bertz CT molecular complexity index is 441. The molecule has 0 saturated heterocycles. The molecular weight excluding hydrogens is 244 g/mol. The van der Waals surface area contributed by atoms with E-state index in [1.165, 1.54) is 7.11 Å². The first-order chi connectivity index (χ1) is 8.99. The maximum atomic E-state index is 12.0. The molecule has 1 aromatic rings. The van der Waals surface area contributed by atoms with Gasteiger partial charge in [-0.05, 0) is 23.6 Å². The minimum atomic E-state index is -0.647. The number of methoxy groups -OCH3 is 1. The van der Waals surface area contributed by atoms with Crippen molar-refractivity contribution in [2.45, 2.75) is 26.4 Å². The van der Waals surface area contributed by atoms with E-state index in [-0.39, 0.29) is 11.8 Å². The Hall–Kier alpha value is -1.88. The molecule has 1 amide bonds. The molecule has 0 aliphatic carbocycles. The van der Waals surface area contributed by atoms with E-state index in [0.29, 0.717) is 12.1 Å². The molecule has 5 nitrogen and oxygen atoms in total. The molecule has 19 heavy (non-hydrogen) atoms. The van der Waals surface area contributed by atoms with E-state index in [4.69, 9.17) is 5.73 Å². The molecule has 0 spiro atoms. The van der Waals surface area contributed by atoms with Gasteiger partial charge in [0.05, 0.1) is 7.11 Å². The van der Waals surface area contributed by atoms with Crippen molar-refractivity contribution in [3.8, 4) is 0 Å². The number of ether oxygens (including phenoxy) is 1. The van der Waals surface area contributed by atoms with E-state index in [2.05, 4.69) is 10.1 Å². The lowest BCUT2D eigenvalue weighted by atomic mass is 10.0. The Kier molecular flexibility index (Phi) is 5.51. The van der Waals surface area contributed by atoms with Crippen molar-refractivity contribution in [2.75, 3.05) is 7.11 Å². The van der Waals surface area contributed by atoms with Crippen molar-refractivity contribution >= 4 is 11.9 Å². The van der Waals surface area contributed by atoms with E-state index in [1.807, 2.05) is 13.8 Å². The van der Waals surface area contributed by atoms with Crippen LogP contribution >= 0.6 is 0 Å². The molecule has 0 fully saturated rings. The van der Waals surface area contributed by atoms with Gasteiger partial charge in [0.2, 0.25) is 0 Å². The summed E-state index contributed by atoms with van der Waals surface area (Å²) in [6.45, 7) is 4.12. The third kappa shape index (κ3) is 4.06. The van der Waals surface area contributed by atoms with Gasteiger partial charge in [0.15, 0.2) is 0 Å². The third-order valence-electron chi connectivity index (χ3n) is 2.86. The summed E-state index contributed by atoms with van der Waals surface area (Å²) < 4.78 is 4.68. The SMILES string of the molecule is COC(=O)[C@@H](NC(=O)c1ccc(CN)cc1)C(C)C. The highest BCUT2D eigenvalue weighted by Crippen LogP contribution is 2.08. The summed E-state index contributed by atoms with van der Waals surface area (Å²) in [4.78, 5) is 23.6. The summed E-state index contributed by atoms with van der Waals surface area (Å²) in [7, 11) is 1.31. The second-order valence-corrected chi connectivity index (χ2v) is 4.62. The second kappa shape index (κ2) is 6.89. The van der Waals surface area contributed by atoms with Crippen LogP contribution in [0.1, 0.15) is 29.8 Å². The van der Waals surface area contributed by atoms with Crippen LogP contribution in [0.25, 0.3) is 0 Å². The maximum absolute atomic E-state index is 12.0. The van der Waals surface area contributed by atoms with Gasteiger partial charge >= 0.3 is 5.97 Å². The first kappa shape index (κ1) is 15.2. The predicted octanol–water partition coefficient (Wildman–Crippen LogP) is 1.07. The number of esters is 1. The molecule has 0 unspecified atom stereocenters. The van der Waals surface area contributed by atoms with Crippen molar-refractivity contribution in [1.82, 2.24) is 5.32 Å². The van der Waals surface area contributed by atoms with Crippen molar-refractivity contribution in [3.05, 3.63) is 35.4 Å². The van der Waals surface area contributed by atoms with Crippen LogP contribution in [0.3, 0.4) is 0 Å². The predicted molar refractivity (Wildman–Crippen MR) is 72.4 cm³/mol.